The van der Waals surface area contributed by atoms with Crippen molar-refractivity contribution in [1.29, 1.82) is 0 Å². The Kier molecular flexibility index (Phi) is 10.5. The van der Waals surface area contributed by atoms with Crippen molar-refractivity contribution in [3.63, 3.8) is 0 Å². The molecule has 1 amide bonds. The lowest BCUT2D eigenvalue weighted by Crippen LogP contribution is -2.42. The van der Waals surface area contributed by atoms with Gasteiger partial charge in [-0.25, -0.2) is 9.78 Å². The lowest BCUT2D eigenvalue weighted by molar-refractivity contribution is -0.155. The second-order valence-electron chi connectivity index (χ2n) is 9.19. The van der Waals surface area contributed by atoms with Crippen LogP contribution in [-0.2, 0) is 19.1 Å². The first kappa shape index (κ1) is 29.9. The molecule has 0 aliphatic rings. The van der Waals surface area contributed by atoms with Crippen LogP contribution in [0.4, 0.5) is 0 Å². The van der Waals surface area contributed by atoms with Crippen LogP contribution in [-0.4, -0.2) is 48.9 Å². The van der Waals surface area contributed by atoms with Gasteiger partial charge in [0, 0.05) is 19.2 Å². The number of carbonyl (C=O) groups excluding carboxylic acids is 3. The van der Waals surface area contributed by atoms with Crippen LogP contribution in [0.15, 0.2) is 60.8 Å². The SMILES string of the molecule is COc1ccnc(C(=O)N[C@@H](C)C(=O)O[C@@H](C)[C@H](Oc2ccc(C)cc2)c2ccc(C)cc2)c1OCOC(C)=O. The molecule has 1 heterocycles. The Balaban J connectivity index is 1.73. The molecule has 0 spiro atoms. The van der Waals surface area contributed by atoms with Crippen LogP contribution in [0.5, 0.6) is 17.2 Å². The van der Waals surface area contributed by atoms with Crippen LogP contribution < -0.4 is 19.5 Å². The molecule has 0 saturated heterocycles. The first-order valence-corrected chi connectivity index (χ1v) is 12.7. The number of nitrogens with zero attached hydrogens (tertiary/aromatic N) is 1. The Hall–Kier alpha value is -4.60. The summed E-state index contributed by atoms with van der Waals surface area (Å²) in [6, 6.07) is 15.8. The molecule has 0 aliphatic carbocycles. The summed E-state index contributed by atoms with van der Waals surface area (Å²) in [6.45, 7) is 7.97. The Labute approximate surface area is 233 Å². The minimum atomic E-state index is -1.04. The molecular formula is C30H34N2O8. The molecule has 40 heavy (non-hydrogen) atoms. The van der Waals surface area contributed by atoms with E-state index >= 15 is 0 Å². The third-order valence-electron chi connectivity index (χ3n) is 5.89. The predicted octanol–water partition coefficient (Wildman–Crippen LogP) is 4.48. The molecule has 3 atom stereocenters. The second kappa shape index (κ2) is 14.0. The maximum Gasteiger partial charge on any atom is 0.328 e. The van der Waals surface area contributed by atoms with Crippen LogP contribution >= 0.6 is 0 Å². The van der Waals surface area contributed by atoms with Gasteiger partial charge >= 0.3 is 11.9 Å². The number of benzene rings is 2. The van der Waals surface area contributed by atoms with Crippen LogP contribution in [0.2, 0.25) is 0 Å². The van der Waals surface area contributed by atoms with Gasteiger partial charge in [0.05, 0.1) is 7.11 Å². The number of rotatable bonds is 12. The van der Waals surface area contributed by atoms with E-state index in [-0.39, 0.29) is 17.2 Å². The molecule has 0 aliphatic heterocycles. The minimum absolute atomic E-state index is 0.0383. The van der Waals surface area contributed by atoms with Crippen molar-refractivity contribution in [3.8, 4) is 17.2 Å². The van der Waals surface area contributed by atoms with E-state index in [4.69, 9.17) is 23.7 Å². The number of hydrogen-bond acceptors (Lipinski definition) is 9. The molecule has 1 aromatic heterocycles. The molecule has 0 radical (unpaired) electrons. The summed E-state index contributed by atoms with van der Waals surface area (Å²) in [5, 5.41) is 2.57. The van der Waals surface area contributed by atoms with Gasteiger partial charge < -0.3 is 29.0 Å². The van der Waals surface area contributed by atoms with Gasteiger partial charge in [0.1, 0.15) is 17.9 Å². The minimum Gasteiger partial charge on any atom is -0.493 e. The van der Waals surface area contributed by atoms with E-state index < -0.39 is 42.9 Å². The first-order chi connectivity index (χ1) is 19.1. The van der Waals surface area contributed by atoms with E-state index in [2.05, 4.69) is 10.3 Å². The van der Waals surface area contributed by atoms with Crippen molar-refractivity contribution in [2.75, 3.05) is 13.9 Å². The highest BCUT2D eigenvalue weighted by Gasteiger charge is 2.29. The Morgan fingerprint density at radius 1 is 0.925 bits per heavy atom. The van der Waals surface area contributed by atoms with Gasteiger partial charge in [-0.1, -0.05) is 47.5 Å². The summed E-state index contributed by atoms with van der Waals surface area (Å²) in [5.41, 5.74) is 2.85. The lowest BCUT2D eigenvalue weighted by Gasteiger charge is -2.27. The number of methoxy groups -OCH3 is 1. The largest absolute Gasteiger partial charge is 0.493 e. The van der Waals surface area contributed by atoms with Crippen LogP contribution in [0, 0.1) is 13.8 Å². The van der Waals surface area contributed by atoms with Crippen molar-refractivity contribution >= 4 is 17.8 Å². The van der Waals surface area contributed by atoms with Gasteiger partial charge in [-0.15, -0.1) is 0 Å². The molecule has 3 rings (SSSR count). The smallest absolute Gasteiger partial charge is 0.328 e. The molecule has 0 unspecified atom stereocenters. The maximum absolute atomic E-state index is 13.0. The Morgan fingerprint density at radius 2 is 1.55 bits per heavy atom. The number of carbonyl (C=O) groups is 3. The number of aryl methyl sites for hydroxylation is 2. The van der Waals surface area contributed by atoms with Crippen molar-refractivity contribution in [2.24, 2.45) is 0 Å². The van der Waals surface area contributed by atoms with E-state index in [9.17, 15) is 14.4 Å². The normalized spacial score (nSPS) is 12.8. The standard InChI is InChI=1S/C30H34N2O8/c1-18-7-11-23(12-8-18)27(40-24-13-9-19(2)10-14-24)21(4)39-30(35)20(3)32-29(34)26-28(38-17-37-22(5)33)25(36-6)15-16-31-26/h7-16,20-21,27H,17H2,1-6H3,(H,32,34)/t20-,21-,27-/m0/s1. The second-order valence-corrected chi connectivity index (χ2v) is 9.19. The molecule has 0 saturated carbocycles. The number of amides is 1. The summed E-state index contributed by atoms with van der Waals surface area (Å²) in [4.78, 5) is 41.2. The zero-order valence-corrected chi connectivity index (χ0v) is 23.4. The topological polar surface area (TPSA) is 122 Å². The molecule has 10 nitrogen and oxygen atoms in total. The molecule has 10 heteroatoms. The van der Waals surface area contributed by atoms with E-state index in [0.717, 1.165) is 16.7 Å². The zero-order valence-electron chi connectivity index (χ0n) is 23.4. The zero-order chi connectivity index (χ0) is 29.2. The molecule has 1 N–H and O–H groups in total. The van der Waals surface area contributed by atoms with E-state index in [1.165, 1.54) is 33.2 Å². The van der Waals surface area contributed by atoms with Crippen molar-refractivity contribution in [2.45, 2.75) is 52.9 Å². The number of hydrogen-bond donors (Lipinski definition) is 1. The fourth-order valence-corrected chi connectivity index (χ4v) is 3.69. The lowest BCUT2D eigenvalue weighted by atomic mass is 10.0. The maximum atomic E-state index is 13.0. The number of nitrogens with one attached hydrogen (secondary N) is 1. The van der Waals surface area contributed by atoms with Crippen molar-refractivity contribution in [3.05, 3.63) is 83.2 Å². The van der Waals surface area contributed by atoms with Gasteiger partial charge in [0.25, 0.3) is 5.91 Å². The number of pyridine rings is 1. The summed E-state index contributed by atoms with van der Waals surface area (Å²) in [6.07, 6.45) is 0.0523. The number of aromatic nitrogens is 1. The average molecular weight is 551 g/mol. The van der Waals surface area contributed by atoms with Crippen LogP contribution in [0.1, 0.15) is 54.1 Å². The van der Waals surface area contributed by atoms with E-state index in [1.807, 2.05) is 62.4 Å². The molecule has 0 bridgehead atoms. The first-order valence-electron chi connectivity index (χ1n) is 12.7. The van der Waals surface area contributed by atoms with E-state index in [0.29, 0.717) is 5.75 Å². The van der Waals surface area contributed by atoms with Gasteiger partial charge in [-0.2, -0.15) is 0 Å². The van der Waals surface area contributed by atoms with Crippen molar-refractivity contribution < 1.29 is 38.1 Å². The molecule has 2 aromatic carbocycles. The third-order valence-corrected chi connectivity index (χ3v) is 5.89. The fourth-order valence-electron chi connectivity index (χ4n) is 3.69. The highest BCUT2D eigenvalue weighted by atomic mass is 16.7. The summed E-state index contributed by atoms with van der Waals surface area (Å²) >= 11 is 0. The van der Waals surface area contributed by atoms with Gasteiger partial charge in [0.15, 0.2) is 23.3 Å². The van der Waals surface area contributed by atoms with E-state index in [1.54, 1.807) is 6.92 Å². The van der Waals surface area contributed by atoms with Crippen LogP contribution in [0.3, 0.4) is 0 Å². The predicted molar refractivity (Wildman–Crippen MR) is 146 cm³/mol. The van der Waals surface area contributed by atoms with Crippen molar-refractivity contribution in [1.82, 2.24) is 10.3 Å². The number of ether oxygens (including phenoxy) is 5. The average Bonchev–Trinajstić information content (AvgIpc) is 2.93. The van der Waals surface area contributed by atoms with Gasteiger partial charge in [-0.3, -0.25) is 9.59 Å². The monoisotopic (exact) mass is 550 g/mol. The summed E-state index contributed by atoms with van der Waals surface area (Å²) in [7, 11) is 1.39. The molecule has 3 aromatic rings. The van der Waals surface area contributed by atoms with Crippen LogP contribution in [0.25, 0.3) is 0 Å². The van der Waals surface area contributed by atoms with Gasteiger partial charge in [-0.05, 0) is 45.4 Å². The highest BCUT2D eigenvalue weighted by molar-refractivity contribution is 5.98. The fraction of sp³-hybridized carbons (Fsp3) is 0.333. The quantitative estimate of drug-likeness (QED) is 0.257. The van der Waals surface area contributed by atoms with Gasteiger partial charge in [0.2, 0.25) is 6.79 Å². The Morgan fingerprint density at radius 3 is 2.15 bits per heavy atom. The summed E-state index contributed by atoms with van der Waals surface area (Å²) < 4.78 is 27.4. The molecular weight excluding hydrogens is 516 g/mol. The highest BCUT2D eigenvalue weighted by Crippen LogP contribution is 2.30. The molecule has 0 fully saturated rings. The molecule has 212 valence electrons. The summed E-state index contributed by atoms with van der Waals surface area (Å²) in [5.74, 6) is -1.15. The number of esters is 2. The Bertz CT molecular complexity index is 1310. The third kappa shape index (κ3) is 8.20.